The molecule has 2 N–H and O–H groups in total. The zero-order chi connectivity index (χ0) is 16.8. The Kier molecular flexibility index (Phi) is 5.56. The van der Waals surface area contributed by atoms with Crippen LogP contribution in [0.25, 0.3) is 0 Å². The molecular weight excluding hydrogens is 300 g/mol. The first kappa shape index (κ1) is 16.8. The highest BCUT2D eigenvalue weighted by molar-refractivity contribution is 5.97. The average Bonchev–Trinajstić information content (AvgIpc) is 2.72. The van der Waals surface area contributed by atoms with Crippen LogP contribution in [0.15, 0.2) is 18.2 Å². The number of benzene rings is 1. The fourth-order valence-electron chi connectivity index (χ4n) is 2.50. The highest BCUT2D eigenvalue weighted by Gasteiger charge is 2.20. The quantitative estimate of drug-likeness (QED) is 0.861. The summed E-state index contributed by atoms with van der Waals surface area (Å²) in [6.45, 7) is 0.573. The van der Waals surface area contributed by atoms with Crippen molar-refractivity contribution in [2.45, 2.75) is 25.7 Å². The summed E-state index contributed by atoms with van der Waals surface area (Å²) in [5, 5.41) is 11.6. The van der Waals surface area contributed by atoms with Crippen molar-refractivity contribution in [1.29, 1.82) is 0 Å². The molecule has 1 saturated heterocycles. The van der Waals surface area contributed by atoms with Crippen molar-refractivity contribution >= 4 is 23.5 Å². The molecule has 0 radical (unpaired) electrons. The number of nitrogens with zero attached hydrogens (tertiary/aromatic N) is 1. The van der Waals surface area contributed by atoms with Gasteiger partial charge in [-0.05, 0) is 31.0 Å². The van der Waals surface area contributed by atoms with E-state index < -0.39 is 5.97 Å². The van der Waals surface area contributed by atoms with Gasteiger partial charge >= 0.3 is 5.97 Å². The smallest absolute Gasteiger partial charge is 0.335 e. The Bertz CT molecular complexity index is 614. The van der Waals surface area contributed by atoms with Crippen LogP contribution < -0.4 is 10.1 Å². The number of hydrogen-bond acceptors (Lipinski definition) is 4. The number of nitrogens with one attached hydrogen (secondary N) is 1. The summed E-state index contributed by atoms with van der Waals surface area (Å²) in [6.07, 6.45) is 3.23. The molecule has 2 rings (SSSR count). The van der Waals surface area contributed by atoms with Crippen molar-refractivity contribution < 1.29 is 24.2 Å². The van der Waals surface area contributed by atoms with Crippen molar-refractivity contribution in [3.63, 3.8) is 0 Å². The Morgan fingerprint density at radius 1 is 1.30 bits per heavy atom. The molecule has 1 heterocycles. The number of likely N-dealkylation sites (tertiary alicyclic amines) is 1. The zero-order valence-electron chi connectivity index (χ0n) is 13.0. The minimum absolute atomic E-state index is 0.00848. The number of ether oxygens (including phenoxy) is 1. The minimum atomic E-state index is -1.07. The molecule has 1 aliphatic heterocycles. The molecule has 1 aromatic carbocycles. The van der Waals surface area contributed by atoms with Crippen LogP contribution in [0, 0.1) is 0 Å². The topological polar surface area (TPSA) is 95.9 Å². The molecule has 124 valence electrons. The van der Waals surface area contributed by atoms with Gasteiger partial charge in [0.05, 0.1) is 24.9 Å². The van der Waals surface area contributed by atoms with Crippen molar-refractivity contribution in [1.82, 2.24) is 4.90 Å². The molecule has 0 atom stereocenters. The molecule has 0 bridgehead atoms. The first-order chi connectivity index (χ1) is 11.0. The number of carboxylic acids is 1. The Morgan fingerprint density at radius 3 is 2.78 bits per heavy atom. The van der Waals surface area contributed by atoms with Crippen LogP contribution in [-0.2, 0) is 9.59 Å². The van der Waals surface area contributed by atoms with Gasteiger partial charge in [0.2, 0.25) is 11.8 Å². The average molecular weight is 320 g/mol. The predicted molar refractivity (Wildman–Crippen MR) is 83.6 cm³/mol. The second kappa shape index (κ2) is 7.62. The van der Waals surface area contributed by atoms with Gasteiger partial charge in [-0.1, -0.05) is 6.42 Å². The third-order valence-corrected chi connectivity index (χ3v) is 3.73. The van der Waals surface area contributed by atoms with Crippen LogP contribution >= 0.6 is 0 Å². The van der Waals surface area contributed by atoms with Crippen LogP contribution in [0.1, 0.15) is 36.0 Å². The molecule has 1 aromatic rings. The van der Waals surface area contributed by atoms with Gasteiger partial charge in [0.25, 0.3) is 0 Å². The monoisotopic (exact) mass is 320 g/mol. The zero-order valence-corrected chi connectivity index (χ0v) is 13.0. The van der Waals surface area contributed by atoms with Crippen LogP contribution in [0.4, 0.5) is 5.69 Å². The van der Waals surface area contributed by atoms with Gasteiger partial charge in [0, 0.05) is 13.0 Å². The fraction of sp³-hybridized carbons (Fsp3) is 0.438. The van der Waals surface area contributed by atoms with E-state index in [0.29, 0.717) is 18.7 Å². The molecule has 1 fully saturated rings. The third-order valence-electron chi connectivity index (χ3n) is 3.73. The summed E-state index contributed by atoms with van der Waals surface area (Å²) in [6, 6.07) is 4.21. The Balaban J connectivity index is 2.04. The Morgan fingerprint density at radius 2 is 2.09 bits per heavy atom. The number of anilines is 1. The minimum Gasteiger partial charge on any atom is -0.495 e. The highest BCUT2D eigenvalue weighted by Crippen LogP contribution is 2.25. The van der Waals surface area contributed by atoms with Crippen LogP contribution in [0.3, 0.4) is 0 Å². The predicted octanol–water partition coefficient (Wildman–Crippen LogP) is 1.73. The normalized spacial score (nSPS) is 15.0. The fourth-order valence-corrected chi connectivity index (χ4v) is 2.50. The molecule has 23 heavy (non-hydrogen) atoms. The summed E-state index contributed by atoms with van der Waals surface area (Å²) in [5.41, 5.74) is 0.451. The number of hydrogen-bond donors (Lipinski definition) is 2. The van der Waals surface area contributed by atoms with E-state index in [1.807, 2.05) is 0 Å². The number of methoxy groups -OCH3 is 1. The van der Waals surface area contributed by atoms with Gasteiger partial charge in [-0.25, -0.2) is 4.79 Å². The molecule has 0 aliphatic carbocycles. The van der Waals surface area contributed by atoms with E-state index in [0.717, 1.165) is 19.3 Å². The molecule has 7 nitrogen and oxygen atoms in total. The Hall–Kier alpha value is -2.57. The van der Waals surface area contributed by atoms with Gasteiger partial charge < -0.3 is 20.1 Å². The first-order valence-electron chi connectivity index (χ1n) is 7.50. The second-order valence-corrected chi connectivity index (χ2v) is 5.39. The van der Waals surface area contributed by atoms with Crippen LogP contribution in [0.2, 0.25) is 0 Å². The summed E-state index contributed by atoms with van der Waals surface area (Å²) in [4.78, 5) is 36.6. The maximum atomic E-state index is 12.1. The van der Waals surface area contributed by atoms with E-state index in [1.54, 1.807) is 4.90 Å². The summed E-state index contributed by atoms with van der Waals surface area (Å²) < 4.78 is 5.11. The van der Waals surface area contributed by atoms with Crippen LogP contribution in [-0.4, -0.2) is 48.0 Å². The molecule has 2 amide bonds. The SMILES string of the molecule is COc1cc(C(=O)O)ccc1NC(=O)CN1CCCCCC1=O. The molecule has 7 heteroatoms. The number of amides is 2. The standard InChI is InChI=1S/C16H20N2O5/c1-23-13-9-11(16(21)22)6-7-12(13)17-14(19)10-18-8-4-2-3-5-15(18)20/h6-7,9H,2-5,8,10H2,1H3,(H,17,19)(H,21,22). The van der Waals surface area contributed by atoms with Crippen molar-refractivity contribution in [3.8, 4) is 5.75 Å². The van der Waals surface area contributed by atoms with E-state index in [2.05, 4.69) is 5.32 Å². The van der Waals surface area contributed by atoms with Crippen LogP contribution in [0.5, 0.6) is 5.75 Å². The van der Waals surface area contributed by atoms with Gasteiger partial charge in [0.1, 0.15) is 5.75 Å². The van der Waals surface area contributed by atoms with Gasteiger partial charge in [-0.15, -0.1) is 0 Å². The lowest BCUT2D eigenvalue weighted by atomic mass is 10.2. The number of aromatic carboxylic acids is 1. The maximum Gasteiger partial charge on any atom is 0.335 e. The summed E-state index contributed by atoms with van der Waals surface area (Å²) in [5.74, 6) is -1.15. The molecule has 1 aliphatic rings. The van der Waals surface area contributed by atoms with Crippen molar-refractivity contribution in [2.75, 3.05) is 25.5 Å². The molecule has 0 spiro atoms. The summed E-state index contributed by atoms with van der Waals surface area (Å²) >= 11 is 0. The number of carbonyl (C=O) groups excluding carboxylic acids is 2. The first-order valence-corrected chi connectivity index (χ1v) is 7.50. The van der Waals surface area contributed by atoms with Gasteiger partial charge in [0.15, 0.2) is 0 Å². The molecular formula is C16H20N2O5. The molecule has 0 unspecified atom stereocenters. The van der Waals surface area contributed by atoms with E-state index in [9.17, 15) is 14.4 Å². The van der Waals surface area contributed by atoms with E-state index in [-0.39, 0.29) is 29.7 Å². The second-order valence-electron chi connectivity index (χ2n) is 5.39. The third kappa shape index (κ3) is 4.45. The van der Waals surface area contributed by atoms with E-state index in [1.165, 1.54) is 25.3 Å². The Labute approximate surface area is 134 Å². The van der Waals surface area contributed by atoms with Gasteiger partial charge in [-0.2, -0.15) is 0 Å². The van der Waals surface area contributed by atoms with E-state index in [4.69, 9.17) is 9.84 Å². The number of carboxylic acid groups (broad SMARTS) is 1. The molecule has 0 aromatic heterocycles. The van der Waals surface area contributed by atoms with E-state index >= 15 is 0 Å². The van der Waals surface area contributed by atoms with Gasteiger partial charge in [-0.3, -0.25) is 9.59 Å². The molecule has 0 saturated carbocycles. The largest absolute Gasteiger partial charge is 0.495 e. The van der Waals surface area contributed by atoms with Crippen molar-refractivity contribution in [2.24, 2.45) is 0 Å². The lowest BCUT2D eigenvalue weighted by Crippen LogP contribution is -2.37. The lowest BCUT2D eigenvalue weighted by molar-refractivity contribution is -0.134. The number of carbonyl (C=O) groups is 3. The maximum absolute atomic E-state index is 12.1. The van der Waals surface area contributed by atoms with Crippen molar-refractivity contribution in [3.05, 3.63) is 23.8 Å². The number of rotatable bonds is 5. The lowest BCUT2D eigenvalue weighted by Gasteiger charge is -2.20. The highest BCUT2D eigenvalue weighted by atomic mass is 16.5. The summed E-state index contributed by atoms with van der Waals surface area (Å²) in [7, 11) is 1.40.